The van der Waals surface area contributed by atoms with E-state index in [2.05, 4.69) is 20.6 Å². The highest BCUT2D eigenvalue weighted by Crippen LogP contribution is 2.39. The summed E-state index contributed by atoms with van der Waals surface area (Å²) in [5, 5.41) is 10.7. The van der Waals surface area contributed by atoms with Crippen LogP contribution < -0.4 is 10.6 Å². The zero-order chi connectivity index (χ0) is 28.9. The van der Waals surface area contributed by atoms with Crippen LogP contribution in [0, 0.1) is 31.4 Å². The first kappa shape index (κ1) is 28.3. The molecular formula is C30H32F2N6O3. The van der Waals surface area contributed by atoms with E-state index in [1.165, 1.54) is 6.07 Å². The molecule has 1 fully saturated rings. The zero-order valence-corrected chi connectivity index (χ0v) is 23.1. The Morgan fingerprint density at radius 3 is 2.56 bits per heavy atom. The van der Waals surface area contributed by atoms with Crippen molar-refractivity contribution in [2.75, 3.05) is 25.6 Å². The number of para-hydroxylation sites is 1. The minimum Gasteiger partial charge on any atom is -0.385 e. The second-order valence-electron chi connectivity index (χ2n) is 10.1. The van der Waals surface area contributed by atoms with Crippen LogP contribution in [-0.4, -0.2) is 52.1 Å². The molecule has 2 aromatic carbocycles. The van der Waals surface area contributed by atoms with Gasteiger partial charge in [0, 0.05) is 49.7 Å². The van der Waals surface area contributed by atoms with Gasteiger partial charge in [0.05, 0.1) is 17.9 Å². The van der Waals surface area contributed by atoms with E-state index in [4.69, 9.17) is 14.6 Å². The molecule has 2 N–H and O–H groups in total. The van der Waals surface area contributed by atoms with Crippen molar-refractivity contribution in [2.45, 2.75) is 38.9 Å². The van der Waals surface area contributed by atoms with Crippen molar-refractivity contribution < 1.29 is 23.0 Å². The number of aryl methyl sites for hydroxylation is 1. The molecule has 0 spiro atoms. The summed E-state index contributed by atoms with van der Waals surface area (Å²) in [7, 11) is 1.62. The molecule has 214 valence electrons. The van der Waals surface area contributed by atoms with Crippen LogP contribution in [-0.2, 0) is 9.47 Å². The Morgan fingerprint density at radius 1 is 1.10 bits per heavy atom. The predicted octanol–water partition coefficient (Wildman–Crippen LogP) is 5.53. The second-order valence-corrected chi connectivity index (χ2v) is 10.1. The molecule has 5 rings (SSSR count). The maximum Gasteiger partial charge on any atom is 0.320 e. The Morgan fingerprint density at radius 2 is 1.85 bits per heavy atom. The third kappa shape index (κ3) is 6.41. The number of anilines is 1. The van der Waals surface area contributed by atoms with Gasteiger partial charge in [-0.05, 0) is 56.5 Å². The average molecular weight is 563 g/mol. The van der Waals surface area contributed by atoms with E-state index in [1.54, 1.807) is 24.2 Å². The largest absolute Gasteiger partial charge is 0.385 e. The van der Waals surface area contributed by atoms with Crippen molar-refractivity contribution in [1.29, 1.82) is 0 Å². The number of methoxy groups -OCH3 is 1. The fraction of sp³-hybridized carbons (Fsp3) is 0.333. The number of rotatable bonds is 9. The summed E-state index contributed by atoms with van der Waals surface area (Å²) in [5.41, 5.74) is 3.42. The topological polar surface area (TPSA) is 103 Å². The van der Waals surface area contributed by atoms with Crippen LogP contribution in [0.4, 0.5) is 19.4 Å². The number of urea groups is 1. The third-order valence-corrected chi connectivity index (χ3v) is 7.18. The van der Waals surface area contributed by atoms with E-state index in [0.29, 0.717) is 42.3 Å². The molecular weight excluding hydrogens is 530 g/mol. The molecule has 1 aliphatic heterocycles. The average Bonchev–Trinajstić information content (AvgIpc) is 3.54. The molecule has 3 atom stereocenters. The molecule has 41 heavy (non-hydrogen) atoms. The van der Waals surface area contributed by atoms with Gasteiger partial charge < -0.3 is 14.8 Å². The number of halogens is 2. The molecule has 2 aromatic heterocycles. The monoisotopic (exact) mass is 562 g/mol. The van der Waals surface area contributed by atoms with Crippen molar-refractivity contribution in [3.63, 3.8) is 0 Å². The van der Waals surface area contributed by atoms with Crippen molar-refractivity contribution in [1.82, 2.24) is 25.1 Å². The highest BCUT2D eigenvalue weighted by Gasteiger charge is 2.36. The summed E-state index contributed by atoms with van der Waals surface area (Å²) in [6.07, 6.45) is 4.05. The number of aromatic nitrogens is 4. The fourth-order valence-electron chi connectivity index (χ4n) is 5.06. The van der Waals surface area contributed by atoms with Gasteiger partial charge in [-0.3, -0.25) is 5.32 Å². The lowest BCUT2D eigenvalue weighted by atomic mass is 9.93. The van der Waals surface area contributed by atoms with Gasteiger partial charge >= 0.3 is 6.03 Å². The molecule has 1 aliphatic rings. The van der Waals surface area contributed by atoms with E-state index in [-0.39, 0.29) is 18.6 Å². The number of hydrogen-bond donors (Lipinski definition) is 2. The summed E-state index contributed by atoms with van der Waals surface area (Å²) in [4.78, 5) is 21.8. The van der Waals surface area contributed by atoms with Crippen LogP contribution >= 0.6 is 0 Å². The number of ether oxygens (including phenoxy) is 2. The van der Waals surface area contributed by atoms with Crippen LogP contribution in [0.5, 0.6) is 0 Å². The number of hydrogen-bond acceptors (Lipinski definition) is 6. The summed E-state index contributed by atoms with van der Waals surface area (Å²) in [6.45, 7) is 4.45. The summed E-state index contributed by atoms with van der Waals surface area (Å²) in [5.74, 6) is -0.863. The molecule has 4 aromatic rings. The van der Waals surface area contributed by atoms with E-state index in [0.717, 1.165) is 28.9 Å². The first-order chi connectivity index (χ1) is 19.8. The van der Waals surface area contributed by atoms with Gasteiger partial charge in [-0.2, -0.15) is 5.10 Å². The zero-order valence-electron chi connectivity index (χ0n) is 23.1. The molecule has 0 saturated carbocycles. The van der Waals surface area contributed by atoms with Crippen molar-refractivity contribution in [2.24, 2.45) is 5.92 Å². The lowest BCUT2D eigenvalue weighted by Gasteiger charge is -2.20. The summed E-state index contributed by atoms with van der Waals surface area (Å²) < 4.78 is 40.7. The molecule has 0 bridgehead atoms. The van der Waals surface area contributed by atoms with Crippen LogP contribution in [0.2, 0.25) is 0 Å². The van der Waals surface area contributed by atoms with Crippen LogP contribution in [0.3, 0.4) is 0 Å². The Balaban J connectivity index is 1.35. The van der Waals surface area contributed by atoms with Gasteiger partial charge in [-0.15, -0.1) is 0 Å². The number of carbonyl (C=O) groups excluding carboxylic acids is 1. The quantitative estimate of drug-likeness (QED) is 0.278. The Labute approximate surface area is 236 Å². The van der Waals surface area contributed by atoms with Crippen molar-refractivity contribution >= 4 is 11.8 Å². The smallest absolute Gasteiger partial charge is 0.320 e. The number of nitrogens with zero attached hydrogens (tertiary/aromatic N) is 4. The second kappa shape index (κ2) is 12.5. The minimum absolute atomic E-state index is 0.135. The first-order valence-corrected chi connectivity index (χ1v) is 13.4. The number of amides is 2. The van der Waals surface area contributed by atoms with Crippen LogP contribution in [0.25, 0.3) is 16.9 Å². The maximum absolute atomic E-state index is 14.0. The Hall–Kier alpha value is -4.22. The SMILES string of the molecule is COCC[C@@H]1C[C@@H](CNC(=O)Nc2c(C)c(-c3cnc(C)nc3)nn2-c2ccccc2)[C@H](c2ccc(F)c(F)c2)O1. The van der Waals surface area contributed by atoms with Gasteiger partial charge in [0.15, 0.2) is 11.6 Å². The van der Waals surface area contributed by atoms with E-state index in [1.807, 2.05) is 44.2 Å². The summed E-state index contributed by atoms with van der Waals surface area (Å²) >= 11 is 0. The molecule has 0 unspecified atom stereocenters. The van der Waals surface area contributed by atoms with Gasteiger partial charge in [0.25, 0.3) is 0 Å². The van der Waals surface area contributed by atoms with Crippen molar-refractivity contribution in [3.05, 3.63) is 89.5 Å². The Kier molecular flexibility index (Phi) is 8.65. The van der Waals surface area contributed by atoms with E-state index < -0.39 is 23.8 Å². The fourth-order valence-corrected chi connectivity index (χ4v) is 5.06. The predicted molar refractivity (Wildman–Crippen MR) is 150 cm³/mol. The highest BCUT2D eigenvalue weighted by atomic mass is 19.2. The van der Waals surface area contributed by atoms with Gasteiger partial charge in [0.1, 0.15) is 17.3 Å². The first-order valence-electron chi connectivity index (χ1n) is 13.4. The van der Waals surface area contributed by atoms with Crippen molar-refractivity contribution in [3.8, 4) is 16.9 Å². The van der Waals surface area contributed by atoms with Gasteiger partial charge in [-0.1, -0.05) is 24.3 Å². The molecule has 2 amide bonds. The Bertz CT molecular complexity index is 1500. The third-order valence-electron chi connectivity index (χ3n) is 7.18. The molecule has 11 heteroatoms. The minimum atomic E-state index is -0.935. The lowest BCUT2D eigenvalue weighted by Crippen LogP contribution is -2.34. The molecule has 0 radical (unpaired) electrons. The van der Waals surface area contributed by atoms with E-state index in [9.17, 15) is 13.6 Å². The maximum atomic E-state index is 14.0. The number of carbonyl (C=O) groups is 1. The summed E-state index contributed by atoms with van der Waals surface area (Å²) in [6, 6.07) is 12.8. The normalized spacial score (nSPS) is 18.4. The number of nitrogens with one attached hydrogen (secondary N) is 2. The highest BCUT2D eigenvalue weighted by molar-refractivity contribution is 5.90. The van der Waals surface area contributed by atoms with Crippen LogP contribution in [0.15, 0.2) is 60.9 Å². The molecule has 3 heterocycles. The molecule has 1 saturated heterocycles. The van der Waals surface area contributed by atoms with Crippen LogP contribution in [0.1, 0.15) is 35.9 Å². The molecule has 9 nitrogen and oxygen atoms in total. The van der Waals surface area contributed by atoms with E-state index >= 15 is 0 Å². The number of benzene rings is 2. The lowest BCUT2D eigenvalue weighted by molar-refractivity contribution is 0.0171. The van der Waals surface area contributed by atoms with Gasteiger partial charge in [0.2, 0.25) is 0 Å². The van der Waals surface area contributed by atoms with Gasteiger partial charge in [-0.25, -0.2) is 28.2 Å². The molecule has 0 aliphatic carbocycles. The standard InChI is InChI=1S/C30H32F2N6O3/c1-18-27(22-16-33-19(2)34-17-22)37-38(23-7-5-4-6-8-23)29(18)36-30(39)35-15-21-13-24(11-12-40-3)41-28(21)20-9-10-25(31)26(32)14-20/h4-10,14,16-17,21,24,28H,11-13,15H2,1-3H3,(H2,35,36,39)/t21-,24+,28-/m0/s1.